The van der Waals surface area contributed by atoms with E-state index in [1.54, 1.807) is 30.2 Å². The monoisotopic (exact) mass is 680 g/mol. The molecule has 0 unspecified atom stereocenters. The van der Waals surface area contributed by atoms with Gasteiger partial charge in [0, 0.05) is 26.2 Å². The molecule has 0 saturated carbocycles. The van der Waals surface area contributed by atoms with Gasteiger partial charge >= 0.3 is 12.3 Å². The Balaban J connectivity index is 1.52. The van der Waals surface area contributed by atoms with Crippen molar-refractivity contribution in [1.29, 1.82) is 0 Å². The average Bonchev–Trinajstić information content (AvgIpc) is 3.45. The van der Waals surface area contributed by atoms with E-state index in [2.05, 4.69) is 20.4 Å². The normalized spacial score (nSPS) is 16.0. The molecule has 2 aliphatic heterocycles. The Hall–Kier alpha value is -4.18. The molecule has 3 aromatic rings. The number of anilines is 2. The van der Waals surface area contributed by atoms with Gasteiger partial charge in [-0.25, -0.2) is 9.78 Å². The van der Waals surface area contributed by atoms with Crippen molar-refractivity contribution in [2.45, 2.75) is 65.8 Å². The number of pyridine rings is 1. The highest BCUT2D eigenvalue weighted by molar-refractivity contribution is 6.31. The lowest BCUT2D eigenvalue weighted by Crippen LogP contribution is -2.51. The minimum atomic E-state index is -4.76. The number of ether oxygens (including phenoxy) is 2. The quantitative estimate of drug-likeness (QED) is 0.404. The van der Waals surface area contributed by atoms with Gasteiger partial charge in [0.15, 0.2) is 11.5 Å². The zero-order valence-electron chi connectivity index (χ0n) is 26.7. The fourth-order valence-electron chi connectivity index (χ4n) is 5.47. The first-order valence-corrected chi connectivity index (χ1v) is 15.5. The predicted molar refractivity (Wildman–Crippen MR) is 168 cm³/mol. The smallest absolute Gasteiger partial charge is 0.434 e. The molecule has 0 radical (unpaired) electrons. The molecule has 17 heteroatoms. The number of aromatic nitrogens is 5. The Kier molecular flexibility index (Phi) is 9.55. The first-order chi connectivity index (χ1) is 22.1. The van der Waals surface area contributed by atoms with E-state index in [1.807, 2.05) is 17.9 Å². The summed E-state index contributed by atoms with van der Waals surface area (Å²) < 4.78 is 53.6. The number of alkyl halides is 3. The molecule has 5 rings (SSSR count). The van der Waals surface area contributed by atoms with Gasteiger partial charge in [0.25, 0.3) is 5.56 Å². The van der Waals surface area contributed by atoms with E-state index in [0.717, 1.165) is 16.2 Å². The third kappa shape index (κ3) is 7.38. The van der Waals surface area contributed by atoms with Crippen LogP contribution in [0.5, 0.6) is 0 Å². The SMILES string of the molecule is CCc1c(N2CCN(C(=O)OC(C)(C)C)CC2)c(=O)n2nc(C3=CCOCC3)nc2n1CC(=O)Nc1cc(Cl)c(C(F)(F)F)nc1C. The zero-order chi connectivity index (χ0) is 34.3. The lowest BCUT2D eigenvalue weighted by atomic mass is 10.1. The van der Waals surface area contributed by atoms with Crippen LogP contribution in [0.4, 0.5) is 29.3 Å². The molecule has 47 heavy (non-hydrogen) atoms. The van der Waals surface area contributed by atoms with Crippen LogP contribution in [0.25, 0.3) is 11.4 Å². The highest BCUT2D eigenvalue weighted by Crippen LogP contribution is 2.35. The summed E-state index contributed by atoms with van der Waals surface area (Å²) in [5, 5.41) is 6.48. The molecule has 2 amide bonds. The maximum absolute atomic E-state index is 14.1. The minimum Gasteiger partial charge on any atom is -0.444 e. The Bertz CT molecular complexity index is 1790. The van der Waals surface area contributed by atoms with Gasteiger partial charge in [-0.3, -0.25) is 9.59 Å². The number of piperazine rings is 1. The number of hydrogen-bond acceptors (Lipinski definition) is 9. The molecule has 13 nitrogen and oxygen atoms in total. The maximum atomic E-state index is 14.1. The van der Waals surface area contributed by atoms with Crippen molar-refractivity contribution < 1.29 is 32.2 Å². The van der Waals surface area contributed by atoms with Crippen LogP contribution in [-0.4, -0.2) is 86.0 Å². The van der Waals surface area contributed by atoms with Crippen molar-refractivity contribution in [2.24, 2.45) is 0 Å². The van der Waals surface area contributed by atoms with E-state index in [4.69, 9.17) is 21.1 Å². The van der Waals surface area contributed by atoms with Gasteiger partial charge in [-0.05, 0) is 52.2 Å². The molecule has 0 atom stereocenters. The van der Waals surface area contributed by atoms with Crippen molar-refractivity contribution in [2.75, 3.05) is 49.6 Å². The van der Waals surface area contributed by atoms with Crippen LogP contribution in [0.3, 0.4) is 0 Å². The molecule has 0 spiro atoms. The molecule has 5 heterocycles. The van der Waals surface area contributed by atoms with Crippen LogP contribution >= 0.6 is 11.6 Å². The summed E-state index contributed by atoms with van der Waals surface area (Å²) in [6.07, 6.45) is -2.52. The summed E-state index contributed by atoms with van der Waals surface area (Å²) in [5.74, 6) is -0.162. The number of aryl methyl sites for hydroxylation is 1. The zero-order valence-corrected chi connectivity index (χ0v) is 27.5. The average molecular weight is 681 g/mol. The van der Waals surface area contributed by atoms with Gasteiger partial charge in [0.1, 0.15) is 17.8 Å². The Morgan fingerprint density at radius 1 is 1.13 bits per heavy atom. The molecule has 1 fully saturated rings. The Labute approximate surface area is 273 Å². The number of carbonyl (C=O) groups is 2. The summed E-state index contributed by atoms with van der Waals surface area (Å²) in [6.45, 7) is 10.2. The minimum absolute atomic E-state index is 0.0103. The summed E-state index contributed by atoms with van der Waals surface area (Å²) in [4.78, 5) is 51.9. The second kappa shape index (κ2) is 13.1. The molecule has 1 N–H and O–H groups in total. The fraction of sp³-hybridized carbons (Fsp3) is 0.533. The third-order valence-electron chi connectivity index (χ3n) is 7.67. The van der Waals surface area contributed by atoms with Gasteiger partial charge in [0.2, 0.25) is 11.7 Å². The predicted octanol–water partition coefficient (Wildman–Crippen LogP) is 4.33. The van der Waals surface area contributed by atoms with Crippen LogP contribution in [0.2, 0.25) is 5.02 Å². The number of carbonyl (C=O) groups excluding carboxylic acids is 2. The molecule has 0 bridgehead atoms. The van der Waals surface area contributed by atoms with Crippen LogP contribution in [0, 0.1) is 6.92 Å². The van der Waals surface area contributed by atoms with Gasteiger partial charge in [-0.2, -0.15) is 22.7 Å². The standard InChI is InChI=1S/C30H36ClF3N8O5/c1-6-21-23(39-9-11-40(12-10-39)28(45)47-29(3,4)5)26(44)42-27(37-25(38-42)18-7-13-46-14-8-18)41(21)16-22(43)36-20-15-19(31)24(30(32,33)34)35-17(20)2/h7,15H,6,8-14,16H2,1-5H3,(H,36,43). The van der Waals surface area contributed by atoms with E-state index in [0.29, 0.717) is 69.4 Å². The van der Waals surface area contributed by atoms with Gasteiger partial charge in [-0.15, -0.1) is 5.10 Å². The summed E-state index contributed by atoms with van der Waals surface area (Å²) >= 11 is 5.87. The van der Waals surface area contributed by atoms with E-state index in [-0.39, 0.29) is 23.7 Å². The third-order valence-corrected chi connectivity index (χ3v) is 7.96. The van der Waals surface area contributed by atoms with Crippen molar-refractivity contribution >= 4 is 46.3 Å². The number of fused-ring (bicyclic) bond motifs is 1. The van der Waals surface area contributed by atoms with Crippen LogP contribution in [0.15, 0.2) is 16.9 Å². The van der Waals surface area contributed by atoms with E-state index in [9.17, 15) is 27.6 Å². The number of nitrogens with zero attached hydrogens (tertiary/aromatic N) is 7. The van der Waals surface area contributed by atoms with Crippen LogP contribution in [0.1, 0.15) is 57.0 Å². The first-order valence-electron chi connectivity index (χ1n) is 15.1. The first kappa shape index (κ1) is 34.2. The molecular formula is C30H36ClF3N8O5. The highest BCUT2D eigenvalue weighted by Gasteiger charge is 2.36. The summed E-state index contributed by atoms with van der Waals surface area (Å²) in [7, 11) is 0. The Morgan fingerprint density at radius 2 is 1.83 bits per heavy atom. The molecular weight excluding hydrogens is 645 g/mol. The number of rotatable bonds is 6. The molecule has 3 aromatic heterocycles. The van der Waals surface area contributed by atoms with Crippen molar-refractivity contribution in [1.82, 2.24) is 29.0 Å². The number of nitrogens with one attached hydrogen (secondary N) is 1. The van der Waals surface area contributed by atoms with Crippen molar-refractivity contribution in [3.8, 4) is 0 Å². The molecule has 1 saturated heterocycles. The molecule has 254 valence electrons. The summed E-state index contributed by atoms with van der Waals surface area (Å²) in [6, 6.07) is 1.01. The molecule has 0 aliphatic carbocycles. The van der Waals surface area contributed by atoms with Crippen molar-refractivity contribution in [3.63, 3.8) is 0 Å². The lowest BCUT2D eigenvalue weighted by molar-refractivity contribution is -0.141. The lowest BCUT2D eigenvalue weighted by Gasteiger charge is -2.37. The second-order valence-corrected chi connectivity index (χ2v) is 12.6. The topological polar surface area (TPSA) is 136 Å². The number of halogens is 4. The Morgan fingerprint density at radius 3 is 2.43 bits per heavy atom. The van der Waals surface area contributed by atoms with Gasteiger partial charge in [0.05, 0.1) is 35.3 Å². The van der Waals surface area contributed by atoms with Crippen LogP contribution in [-0.2, 0) is 33.4 Å². The fourth-order valence-corrected chi connectivity index (χ4v) is 5.73. The van der Waals surface area contributed by atoms with Crippen LogP contribution < -0.4 is 15.8 Å². The molecule has 0 aromatic carbocycles. The van der Waals surface area contributed by atoms with Gasteiger partial charge < -0.3 is 29.2 Å². The largest absolute Gasteiger partial charge is 0.444 e. The maximum Gasteiger partial charge on any atom is 0.434 e. The van der Waals surface area contributed by atoms with E-state index >= 15 is 0 Å². The van der Waals surface area contributed by atoms with E-state index in [1.165, 1.54) is 6.92 Å². The van der Waals surface area contributed by atoms with Crippen molar-refractivity contribution in [3.05, 3.63) is 50.4 Å². The second-order valence-electron chi connectivity index (χ2n) is 12.2. The van der Waals surface area contributed by atoms with Gasteiger partial charge in [-0.1, -0.05) is 24.6 Å². The number of amides is 2. The summed E-state index contributed by atoms with van der Waals surface area (Å²) in [5.41, 5.74) is -0.796. The number of hydrogen-bond donors (Lipinski definition) is 1. The molecule has 2 aliphatic rings. The van der Waals surface area contributed by atoms with E-state index < -0.39 is 40.1 Å². The highest BCUT2D eigenvalue weighted by atomic mass is 35.5.